The molecule has 2 rings (SSSR count). The molecule has 0 aromatic heterocycles. The van der Waals surface area contributed by atoms with E-state index in [0.717, 1.165) is 6.42 Å². The molecule has 26 heavy (non-hydrogen) atoms. The molecule has 2 amide bonds. The average Bonchev–Trinajstić information content (AvgIpc) is 2.58. The van der Waals surface area contributed by atoms with E-state index in [9.17, 15) is 19.5 Å². The molecule has 2 N–H and O–H groups in total. The van der Waals surface area contributed by atoms with Crippen molar-refractivity contribution in [2.75, 3.05) is 18.1 Å². The van der Waals surface area contributed by atoms with Gasteiger partial charge in [0.25, 0.3) is 5.91 Å². The van der Waals surface area contributed by atoms with Crippen LogP contribution in [0.1, 0.15) is 50.9 Å². The third-order valence-electron chi connectivity index (χ3n) is 4.14. The van der Waals surface area contributed by atoms with E-state index in [2.05, 4.69) is 5.32 Å². The number of carbonyl (C=O) groups is 3. The molecule has 1 atom stereocenters. The Kier molecular flexibility index (Phi) is 6.02. The van der Waals surface area contributed by atoms with Gasteiger partial charge in [-0.25, -0.2) is 0 Å². The number of nitrogens with one attached hydrogen (secondary N) is 1. The summed E-state index contributed by atoms with van der Waals surface area (Å²) in [5.74, 6) is -0.316. The number of Topliss-reactive ketones (excluding diaryl/α,β-unsaturated/α-hetero) is 1. The van der Waals surface area contributed by atoms with Crippen LogP contribution in [-0.2, 0) is 9.59 Å². The minimum Gasteiger partial charge on any atom is -0.479 e. The normalized spacial score (nSPS) is 16.7. The highest BCUT2D eigenvalue weighted by molar-refractivity contribution is 6.05. The number of aliphatic hydroxyl groups is 1. The number of rotatable bonds is 7. The van der Waals surface area contributed by atoms with Gasteiger partial charge >= 0.3 is 0 Å². The Morgan fingerprint density at radius 1 is 1.35 bits per heavy atom. The van der Waals surface area contributed by atoms with E-state index < -0.39 is 17.6 Å². The van der Waals surface area contributed by atoms with Crippen LogP contribution in [0.5, 0.6) is 5.75 Å². The third kappa shape index (κ3) is 4.40. The summed E-state index contributed by atoms with van der Waals surface area (Å²) in [7, 11) is 0. The lowest BCUT2D eigenvalue weighted by Crippen LogP contribution is -2.53. The van der Waals surface area contributed by atoms with Gasteiger partial charge in [-0.3, -0.25) is 19.3 Å². The number of hydrogen-bond donors (Lipinski definition) is 2. The van der Waals surface area contributed by atoms with E-state index in [-0.39, 0.29) is 24.8 Å². The Hall–Kier alpha value is -2.41. The lowest BCUT2D eigenvalue weighted by atomic mass is 10.0. The molecule has 0 spiro atoms. The van der Waals surface area contributed by atoms with Gasteiger partial charge in [-0.1, -0.05) is 6.92 Å². The van der Waals surface area contributed by atoms with Gasteiger partial charge in [-0.05, 0) is 45.4 Å². The maximum Gasteiger partial charge on any atom is 0.268 e. The minimum atomic E-state index is -0.792. The van der Waals surface area contributed by atoms with Gasteiger partial charge in [0.05, 0.1) is 17.8 Å². The molecule has 1 aliphatic rings. The number of anilines is 1. The van der Waals surface area contributed by atoms with Crippen LogP contribution < -0.4 is 15.0 Å². The zero-order valence-electron chi connectivity index (χ0n) is 15.7. The fourth-order valence-corrected chi connectivity index (χ4v) is 2.72. The van der Waals surface area contributed by atoms with E-state index in [4.69, 9.17) is 4.74 Å². The Morgan fingerprint density at radius 2 is 2.04 bits per heavy atom. The molecule has 0 fully saturated rings. The van der Waals surface area contributed by atoms with Crippen LogP contribution in [0.4, 0.5) is 5.69 Å². The maximum atomic E-state index is 12.6. The molecule has 7 heteroatoms. The van der Waals surface area contributed by atoms with Crippen LogP contribution in [0.3, 0.4) is 0 Å². The molecule has 1 unspecified atom stereocenters. The SMILES string of the molecule is CCCC(=O)c1ccc2c(c1)N(CC(=O)NC(C)(C)CO)C(=O)C(C)O2. The molecule has 1 heterocycles. The van der Waals surface area contributed by atoms with Crippen molar-refractivity contribution in [3.05, 3.63) is 23.8 Å². The predicted molar refractivity (Wildman–Crippen MR) is 97.4 cm³/mol. The fraction of sp³-hybridized carbons (Fsp3) is 0.526. The predicted octanol–water partition coefficient (Wildman–Crippen LogP) is 1.67. The number of amides is 2. The molecule has 0 saturated carbocycles. The monoisotopic (exact) mass is 362 g/mol. The summed E-state index contributed by atoms with van der Waals surface area (Å²) in [5.41, 5.74) is 0.101. The van der Waals surface area contributed by atoms with Crippen LogP contribution in [0.15, 0.2) is 18.2 Å². The zero-order chi connectivity index (χ0) is 19.5. The number of benzene rings is 1. The molecular formula is C19H26N2O5. The standard InChI is InChI=1S/C19H26N2O5/c1-5-6-15(23)13-7-8-16-14(9-13)21(18(25)12(2)26-16)10-17(24)20-19(3,4)11-22/h7-9,12,22H,5-6,10-11H2,1-4H3,(H,20,24). The fourth-order valence-electron chi connectivity index (χ4n) is 2.72. The summed E-state index contributed by atoms with van der Waals surface area (Å²) in [6, 6.07) is 4.93. The Labute approximate surface area is 153 Å². The first-order chi connectivity index (χ1) is 12.2. The van der Waals surface area contributed by atoms with Crippen molar-refractivity contribution in [1.82, 2.24) is 5.32 Å². The van der Waals surface area contributed by atoms with Gasteiger partial charge in [0.15, 0.2) is 11.9 Å². The highest BCUT2D eigenvalue weighted by Gasteiger charge is 2.34. The van der Waals surface area contributed by atoms with Gasteiger partial charge in [0.2, 0.25) is 5.91 Å². The largest absolute Gasteiger partial charge is 0.479 e. The lowest BCUT2D eigenvalue weighted by molar-refractivity contribution is -0.128. The average molecular weight is 362 g/mol. The quantitative estimate of drug-likeness (QED) is 0.720. The van der Waals surface area contributed by atoms with Crippen LogP contribution in [0, 0.1) is 0 Å². The van der Waals surface area contributed by atoms with E-state index >= 15 is 0 Å². The van der Waals surface area contributed by atoms with Crippen molar-refractivity contribution in [3.63, 3.8) is 0 Å². The molecule has 142 valence electrons. The smallest absolute Gasteiger partial charge is 0.268 e. The first-order valence-corrected chi connectivity index (χ1v) is 8.75. The van der Waals surface area contributed by atoms with Gasteiger partial charge in [-0.2, -0.15) is 0 Å². The van der Waals surface area contributed by atoms with E-state index in [0.29, 0.717) is 23.4 Å². The first kappa shape index (κ1) is 19.9. The summed E-state index contributed by atoms with van der Waals surface area (Å²) in [4.78, 5) is 38.4. The van der Waals surface area contributed by atoms with Crippen molar-refractivity contribution in [1.29, 1.82) is 0 Å². The van der Waals surface area contributed by atoms with Crippen LogP contribution in [0.25, 0.3) is 0 Å². The second-order valence-corrected chi connectivity index (χ2v) is 7.13. The number of fused-ring (bicyclic) bond motifs is 1. The molecular weight excluding hydrogens is 336 g/mol. The topological polar surface area (TPSA) is 95.9 Å². The Balaban J connectivity index is 2.31. The van der Waals surface area contributed by atoms with E-state index in [1.807, 2.05) is 6.92 Å². The summed E-state index contributed by atoms with van der Waals surface area (Å²) in [6.45, 7) is 6.47. The molecule has 1 aromatic carbocycles. The Morgan fingerprint density at radius 3 is 2.65 bits per heavy atom. The number of hydrogen-bond acceptors (Lipinski definition) is 5. The van der Waals surface area contributed by atoms with Crippen LogP contribution >= 0.6 is 0 Å². The molecule has 0 bridgehead atoms. The molecule has 7 nitrogen and oxygen atoms in total. The zero-order valence-corrected chi connectivity index (χ0v) is 15.7. The molecule has 1 aliphatic heterocycles. The summed E-state index contributed by atoms with van der Waals surface area (Å²) in [5, 5.41) is 12.0. The summed E-state index contributed by atoms with van der Waals surface area (Å²) >= 11 is 0. The number of aliphatic hydroxyl groups excluding tert-OH is 1. The van der Waals surface area contributed by atoms with Gasteiger partial charge in [-0.15, -0.1) is 0 Å². The molecule has 0 aliphatic carbocycles. The second kappa shape index (κ2) is 7.86. The molecule has 0 radical (unpaired) electrons. The minimum absolute atomic E-state index is 0.0211. The van der Waals surface area contributed by atoms with E-state index in [1.54, 1.807) is 39.0 Å². The highest BCUT2D eigenvalue weighted by Crippen LogP contribution is 2.35. The van der Waals surface area contributed by atoms with Gasteiger partial charge in [0.1, 0.15) is 12.3 Å². The number of ketones is 1. The number of nitrogens with zero attached hydrogens (tertiary/aromatic N) is 1. The molecule has 0 saturated heterocycles. The van der Waals surface area contributed by atoms with Crippen molar-refractivity contribution < 1.29 is 24.2 Å². The number of carbonyl (C=O) groups excluding carboxylic acids is 3. The Bertz CT molecular complexity index is 714. The summed E-state index contributed by atoms with van der Waals surface area (Å²) < 4.78 is 5.60. The van der Waals surface area contributed by atoms with Crippen molar-refractivity contribution in [3.8, 4) is 5.75 Å². The highest BCUT2D eigenvalue weighted by atomic mass is 16.5. The van der Waals surface area contributed by atoms with Crippen LogP contribution in [-0.4, -0.2) is 47.5 Å². The van der Waals surface area contributed by atoms with Crippen LogP contribution in [0.2, 0.25) is 0 Å². The van der Waals surface area contributed by atoms with Crippen molar-refractivity contribution in [2.24, 2.45) is 0 Å². The maximum absolute atomic E-state index is 12.6. The first-order valence-electron chi connectivity index (χ1n) is 8.75. The van der Waals surface area contributed by atoms with Gasteiger partial charge < -0.3 is 15.2 Å². The number of ether oxygens (including phenoxy) is 1. The van der Waals surface area contributed by atoms with Gasteiger partial charge in [0, 0.05) is 12.0 Å². The van der Waals surface area contributed by atoms with E-state index in [1.165, 1.54) is 4.90 Å². The second-order valence-electron chi connectivity index (χ2n) is 7.13. The van der Waals surface area contributed by atoms with Crippen molar-refractivity contribution >= 4 is 23.3 Å². The third-order valence-corrected chi connectivity index (χ3v) is 4.14. The van der Waals surface area contributed by atoms with Crippen molar-refractivity contribution in [2.45, 2.75) is 52.2 Å². The lowest BCUT2D eigenvalue weighted by Gasteiger charge is -2.34. The summed E-state index contributed by atoms with van der Waals surface area (Å²) in [6.07, 6.45) is 0.415. The molecule has 1 aromatic rings.